The van der Waals surface area contributed by atoms with Crippen LogP contribution in [0.4, 0.5) is 5.00 Å². The number of carbonyl (C=O) groups is 1. The van der Waals surface area contributed by atoms with Gasteiger partial charge in [0, 0.05) is 19.0 Å². The largest absolute Gasteiger partial charge is 0.351 e. The van der Waals surface area contributed by atoms with Crippen LogP contribution in [0.25, 0.3) is 10.2 Å². The number of nitrogens with one attached hydrogen (secondary N) is 1. The monoisotopic (exact) mass is 347 g/mol. The molecule has 6 nitrogen and oxygen atoms in total. The number of benzene rings is 1. The SMILES string of the molecule is O=C(NCCCc1nc2ccccc2s1)c1ccc([N+](=O)[O-])s1. The highest BCUT2D eigenvalue weighted by molar-refractivity contribution is 7.18. The Balaban J connectivity index is 1.49. The lowest BCUT2D eigenvalue weighted by atomic mass is 10.3. The first-order valence-electron chi connectivity index (χ1n) is 7.00. The number of aromatic nitrogens is 1. The fourth-order valence-electron chi connectivity index (χ4n) is 2.10. The molecule has 0 saturated carbocycles. The Morgan fingerprint density at radius 2 is 2.04 bits per heavy atom. The quantitative estimate of drug-likeness (QED) is 0.419. The van der Waals surface area contributed by atoms with E-state index in [4.69, 9.17) is 0 Å². The summed E-state index contributed by atoms with van der Waals surface area (Å²) in [5.41, 5.74) is 1.00. The molecule has 3 aromatic rings. The summed E-state index contributed by atoms with van der Waals surface area (Å²) in [4.78, 5) is 26.9. The van der Waals surface area contributed by atoms with Crippen LogP contribution in [-0.4, -0.2) is 22.4 Å². The topological polar surface area (TPSA) is 85.1 Å². The molecular weight excluding hydrogens is 334 g/mol. The minimum Gasteiger partial charge on any atom is -0.351 e. The molecule has 0 aliphatic carbocycles. The summed E-state index contributed by atoms with van der Waals surface area (Å²) in [6.07, 6.45) is 1.57. The van der Waals surface area contributed by atoms with E-state index in [1.54, 1.807) is 11.3 Å². The van der Waals surface area contributed by atoms with Crippen molar-refractivity contribution in [3.8, 4) is 0 Å². The lowest BCUT2D eigenvalue weighted by Gasteiger charge is -2.01. The highest BCUT2D eigenvalue weighted by Gasteiger charge is 2.14. The summed E-state index contributed by atoms with van der Waals surface area (Å²) in [6.45, 7) is 0.514. The molecule has 0 unspecified atom stereocenters. The molecule has 118 valence electrons. The minimum absolute atomic E-state index is 0.0235. The number of nitro groups is 1. The fourth-order valence-corrected chi connectivity index (χ4v) is 3.85. The summed E-state index contributed by atoms with van der Waals surface area (Å²) in [7, 11) is 0. The lowest BCUT2D eigenvalue weighted by molar-refractivity contribution is -0.380. The van der Waals surface area contributed by atoms with Gasteiger partial charge in [0.25, 0.3) is 5.91 Å². The number of carbonyl (C=O) groups excluding carboxylic acids is 1. The molecule has 0 fully saturated rings. The zero-order valence-electron chi connectivity index (χ0n) is 12.0. The first-order chi connectivity index (χ1) is 11.1. The molecule has 1 N–H and O–H groups in total. The predicted molar refractivity (Wildman–Crippen MR) is 91.2 cm³/mol. The molecule has 0 atom stereocenters. The minimum atomic E-state index is -0.491. The average Bonchev–Trinajstić information content (AvgIpc) is 3.17. The van der Waals surface area contributed by atoms with E-state index in [9.17, 15) is 14.9 Å². The molecule has 1 amide bonds. The number of aryl methyl sites for hydroxylation is 1. The van der Waals surface area contributed by atoms with Crippen LogP contribution in [0.3, 0.4) is 0 Å². The Bertz CT molecular complexity index is 823. The van der Waals surface area contributed by atoms with Gasteiger partial charge in [-0.1, -0.05) is 23.5 Å². The maximum Gasteiger partial charge on any atom is 0.324 e. The van der Waals surface area contributed by atoms with Crippen molar-refractivity contribution in [2.75, 3.05) is 6.54 Å². The summed E-state index contributed by atoms with van der Waals surface area (Å²) >= 11 is 2.55. The van der Waals surface area contributed by atoms with E-state index in [2.05, 4.69) is 10.3 Å². The molecular formula is C15H13N3O3S2. The van der Waals surface area contributed by atoms with Crippen LogP contribution in [0.5, 0.6) is 0 Å². The van der Waals surface area contributed by atoms with Crippen molar-refractivity contribution < 1.29 is 9.72 Å². The number of nitrogens with zero attached hydrogens (tertiary/aromatic N) is 2. The average molecular weight is 347 g/mol. The number of fused-ring (bicyclic) bond motifs is 1. The highest BCUT2D eigenvalue weighted by atomic mass is 32.1. The Kier molecular flexibility index (Phi) is 4.63. The van der Waals surface area contributed by atoms with Crippen LogP contribution in [-0.2, 0) is 6.42 Å². The van der Waals surface area contributed by atoms with E-state index in [0.717, 1.165) is 39.4 Å². The van der Waals surface area contributed by atoms with Gasteiger partial charge in [-0.2, -0.15) is 0 Å². The van der Waals surface area contributed by atoms with Gasteiger partial charge < -0.3 is 5.32 Å². The summed E-state index contributed by atoms with van der Waals surface area (Å²) < 4.78 is 1.16. The van der Waals surface area contributed by atoms with Gasteiger partial charge in [-0.15, -0.1) is 11.3 Å². The van der Waals surface area contributed by atoms with Gasteiger partial charge >= 0.3 is 5.00 Å². The molecule has 8 heteroatoms. The molecule has 0 spiro atoms. The number of hydrogen-bond donors (Lipinski definition) is 1. The Labute approximate surface area is 139 Å². The van der Waals surface area contributed by atoms with Gasteiger partial charge in [-0.25, -0.2) is 4.98 Å². The van der Waals surface area contributed by atoms with Crippen LogP contribution >= 0.6 is 22.7 Å². The lowest BCUT2D eigenvalue weighted by Crippen LogP contribution is -2.23. The van der Waals surface area contributed by atoms with Gasteiger partial charge in [0.1, 0.15) is 0 Å². The van der Waals surface area contributed by atoms with Crippen molar-refractivity contribution in [2.45, 2.75) is 12.8 Å². The number of thiazole rings is 1. The van der Waals surface area contributed by atoms with Gasteiger partial charge in [0.2, 0.25) is 0 Å². The third kappa shape index (κ3) is 3.72. The van der Waals surface area contributed by atoms with E-state index in [1.165, 1.54) is 12.1 Å². The van der Waals surface area contributed by atoms with Crippen LogP contribution in [0, 0.1) is 10.1 Å². The predicted octanol–water partition coefficient (Wildman–Crippen LogP) is 3.63. The maximum atomic E-state index is 11.9. The Morgan fingerprint density at radius 1 is 1.22 bits per heavy atom. The van der Waals surface area contributed by atoms with Gasteiger partial charge in [-0.3, -0.25) is 14.9 Å². The molecule has 0 bridgehead atoms. The number of para-hydroxylation sites is 1. The van der Waals surface area contributed by atoms with Crippen LogP contribution in [0.1, 0.15) is 21.1 Å². The molecule has 2 aromatic heterocycles. The van der Waals surface area contributed by atoms with Gasteiger partial charge in [0.15, 0.2) is 0 Å². The van der Waals surface area contributed by atoms with Crippen LogP contribution in [0.2, 0.25) is 0 Å². The number of rotatable bonds is 6. The second kappa shape index (κ2) is 6.84. The molecule has 23 heavy (non-hydrogen) atoms. The first kappa shape index (κ1) is 15.6. The van der Waals surface area contributed by atoms with Gasteiger partial charge in [0.05, 0.1) is 25.0 Å². The van der Waals surface area contributed by atoms with Crippen molar-refractivity contribution in [1.82, 2.24) is 10.3 Å². The Morgan fingerprint density at radius 3 is 2.78 bits per heavy atom. The third-order valence-corrected chi connectivity index (χ3v) is 5.32. The molecule has 0 aliphatic heterocycles. The zero-order valence-corrected chi connectivity index (χ0v) is 13.7. The van der Waals surface area contributed by atoms with E-state index in [-0.39, 0.29) is 10.9 Å². The van der Waals surface area contributed by atoms with E-state index in [1.807, 2.05) is 24.3 Å². The summed E-state index contributed by atoms with van der Waals surface area (Å²) in [5, 5.41) is 14.4. The van der Waals surface area contributed by atoms with Crippen molar-refractivity contribution in [2.24, 2.45) is 0 Å². The molecule has 0 radical (unpaired) electrons. The van der Waals surface area contributed by atoms with E-state index in [0.29, 0.717) is 11.4 Å². The molecule has 0 saturated heterocycles. The molecule has 0 aliphatic rings. The normalized spacial score (nSPS) is 10.8. The second-order valence-corrected chi connectivity index (χ2v) is 7.01. The second-order valence-electron chi connectivity index (χ2n) is 4.83. The van der Waals surface area contributed by atoms with Crippen molar-refractivity contribution in [3.05, 3.63) is 56.4 Å². The molecule has 1 aromatic carbocycles. The smallest absolute Gasteiger partial charge is 0.324 e. The number of thiophene rings is 1. The summed E-state index contributed by atoms with van der Waals surface area (Å²) in [6, 6.07) is 10.8. The fraction of sp³-hybridized carbons (Fsp3) is 0.200. The van der Waals surface area contributed by atoms with Crippen molar-refractivity contribution in [3.63, 3.8) is 0 Å². The molecule has 2 heterocycles. The highest BCUT2D eigenvalue weighted by Crippen LogP contribution is 2.24. The van der Waals surface area contributed by atoms with Crippen molar-refractivity contribution >= 4 is 43.8 Å². The van der Waals surface area contributed by atoms with Crippen LogP contribution < -0.4 is 5.32 Å². The maximum absolute atomic E-state index is 11.9. The van der Waals surface area contributed by atoms with Crippen LogP contribution in [0.15, 0.2) is 36.4 Å². The first-order valence-corrected chi connectivity index (χ1v) is 8.63. The number of hydrogen-bond acceptors (Lipinski definition) is 6. The zero-order chi connectivity index (χ0) is 16.2. The standard InChI is InChI=1S/C15H13N3O3S2/c19-15(12-7-8-14(23-12)18(20)21)16-9-3-6-13-17-10-4-1-2-5-11(10)22-13/h1-2,4-5,7-8H,3,6,9H2,(H,16,19). The van der Waals surface area contributed by atoms with Crippen molar-refractivity contribution in [1.29, 1.82) is 0 Å². The molecule has 3 rings (SSSR count). The number of amides is 1. The Hall–Kier alpha value is -2.32. The van der Waals surface area contributed by atoms with E-state index >= 15 is 0 Å². The summed E-state index contributed by atoms with van der Waals surface area (Å²) in [5.74, 6) is -0.271. The third-order valence-electron chi connectivity index (χ3n) is 3.19. The van der Waals surface area contributed by atoms with E-state index < -0.39 is 4.92 Å². The van der Waals surface area contributed by atoms with Gasteiger partial charge in [-0.05, 0) is 24.6 Å².